The molecule has 21 heavy (non-hydrogen) atoms. The Kier molecular flexibility index (Phi) is 5.44. The van der Waals surface area contributed by atoms with Crippen LogP contribution in [0.1, 0.15) is 16.7 Å². The van der Waals surface area contributed by atoms with Crippen LogP contribution in [0.2, 0.25) is 5.02 Å². The first-order valence-electron chi connectivity index (χ1n) is 6.73. The molecule has 0 saturated carbocycles. The van der Waals surface area contributed by atoms with Gasteiger partial charge in [-0.05, 0) is 36.6 Å². The number of benzene rings is 2. The molecule has 0 spiro atoms. The lowest BCUT2D eigenvalue weighted by molar-refractivity contribution is 0.116. The van der Waals surface area contributed by atoms with Gasteiger partial charge in [0, 0.05) is 14.9 Å². The van der Waals surface area contributed by atoms with E-state index in [4.69, 9.17) is 11.6 Å². The zero-order chi connectivity index (χ0) is 15.5. The van der Waals surface area contributed by atoms with Crippen molar-refractivity contribution in [1.82, 2.24) is 0 Å². The van der Waals surface area contributed by atoms with Gasteiger partial charge in [0.2, 0.25) is 0 Å². The molecule has 2 aromatic rings. The molecule has 0 atom stereocenters. The van der Waals surface area contributed by atoms with Gasteiger partial charge in [0.15, 0.2) is 0 Å². The molecule has 2 nitrogen and oxygen atoms in total. The van der Waals surface area contributed by atoms with Crippen LogP contribution in [0, 0.1) is 6.92 Å². The van der Waals surface area contributed by atoms with Crippen LogP contribution in [0.4, 0.5) is 0 Å². The highest BCUT2D eigenvalue weighted by atomic mass is 79.9. The van der Waals surface area contributed by atoms with Crippen molar-refractivity contribution >= 4 is 27.5 Å². The summed E-state index contributed by atoms with van der Waals surface area (Å²) < 4.78 is 0.908. The predicted molar refractivity (Wildman–Crippen MR) is 89.9 cm³/mol. The van der Waals surface area contributed by atoms with E-state index in [1.165, 1.54) is 0 Å². The minimum atomic E-state index is -0.733. The molecule has 0 aliphatic heterocycles. The highest BCUT2D eigenvalue weighted by molar-refractivity contribution is 9.10. The second-order valence-electron chi connectivity index (χ2n) is 5.38. The van der Waals surface area contributed by atoms with E-state index in [0.717, 1.165) is 21.2 Å². The fourth-order valence-corrected chi connectivity index (χ4v) is 3.19. The molecule has 0 radical (unpaired) electrons. The Morgan fingerprint density at radius 1 is 1.10 bits per heavy atom. The van der Waals surface area contributed by atoms with Crippen molar-refractivity contribution in [2.75, 3.05) is 13.2 Å². The van der Waals surface area contributed by atoms with Crippen molar-refractivity contribution in [3.8, 4) is 0 Å². The van der Waals surface area contributed by atoms with Gasteiger partial charge in [-0.2, -0.15) is 0 Å². The van der Waals surface area contributed by atoms with Gasteiger partial charge in [0.25, 0.3) is 0 Å². The number of hydrogen-bond acceptors (Lipinski definition) is 2. The number of aliphatic hydroxyl groups is 2. The average molecular weight is 370 g/mol. The number of hydrogen-bond donors (Lipinski definition) is 2. The molecule has 0 heterocycles. The van der Waals surface area contributed by atoms with E-state index in [0.29, 0.717) is 11.4 Å². The highest BCUT2D eigenvalue weighted by Gasteiger charge is 2.32. The van der Waals surface area contributed by atoms with Crippen molar-refractivity contribution in [2.45, 2.75) is 18.8 Å². The SMILES string of the molecule is Cc1cccc(C(CO)(CO)Cc2ccc(Br)cc2Cl)c1. The van der Waals surface area contributed by atoms with Gasteiger partial charge >= 0.3 is 0 Å². The summed E-state index contributed by atoms with van der Waals surface area (Å²) in [4.78, 5) is 0. The molecule has 0 aromatic heterocycles. The van der Waals surface area contributed by atoms with Gasteiger partial charge in [-0.3, -0.25) is 0 Å². The summed E-state index contributed by atoms with van der Waals surface area (Å²) in [6.07, 6.45) is 0.482. The van der Waals surface area contributed by atoms with Gasteiger partial charge < -0.3 is 10.2 Å². The molecule has 4 heteroatoms. The van der Waals surface area contributed by atoms with Crippen LogP contribution in [0.25, 0.3) is 0 Å². The summed E-state index contributed by atoms with van der Waals surface area (Å²) in [5.74, 6) is 0. The molecule has 0 bridgehead atoms. The fourth-order valence-electron chi connectivity index (χ4n) is 2.45. The molecule has 0 amide bonds. The van der Waals surface area contributed by atoms with Crippen molar-refractivity contribution < 1.29 is 10.2 Å². The van der Waals surface area contributed by atoms with E-state index in [2.05, 4.69) is 15.9 Å². The van der Waals surface area contributed by atoms with E-state index in [9.17, 15) is 10.2 Å². The van der Waals surface area contributed by atoms with Gasteiger partial charge in [-0.25, -0.2) is 0 Å². The van der Waals surface area contributed by atoms with E-state index in [1.54, 1.807) is 0 Å². The van der Waals surface area contributed by atoms with Crippen LogP contribution in [-0.4, -0.2) is 23.4 Å². The second-order valence-corrected chi connectivity index (χ2v) is 6.70. The lowest BCUT2D eigenvalue weighted by atomic mass is 9.76. The molecule has 2 N–H and O–H groups in total. The average Bonchev–Trinajstić information content (AvgIpc) is 2.47. The van der Waals surface area contributed by atoms with Gasteiger partial charge in [-0.15, -0.1) is 0 Å². The standard InChI is InChI=1S/C17H18BrClO2/c1-12-3-2-4-14(7-12)17(10-20,11-21)9-13-5-6-15(18)8-16(13)19/h2-8,20-21H,9-11H2,1H3. The normalized spacial score (nSPS) is 11.7. The number of rotatable bonds is 5. The van der Waals surface area contributed by atoms with Crippen LogP contribution >= 0.6 is 27.5 Å². The molecule has 0 aliphatic carbocycles. The lowest BCUT2D eigenvalue weighted by Gasteiger charge is -2.31. The Morgan fingerprint density at radius 2 is 1.81 bits per heavy atom. The van der Waals surface area contributed by atoms with E-state index in [1.807, 2.05) is 49.4 Å². The van der Waals surface area contributed by atoms with Gasteiger partial charge in [0.1, 0.15) is 0 Å². The topological polar surface area (TPSA) is 40.5 Å². The Hall–Kier alpha value is -0.870. The van der Waals surface area contributed by atoms with E-state index in [-0.39, 0.29) is 13.2 Å². The molecule has 112 valence electrons. The summed E-state index contributed by atoms with van der Waals surface area (Å²) >= 11 is 9.66. The van der Waals surface area contributed by atoms with E-state index < -0.39 is 5.41 Å². The van der Waals surface area contributed by atoms with Crippen LogP contribution in [-0.2, 0) is 11.8 Å². The maximum absolute atomic E-state index is 9.92. The zero-order valence-corrected chi connectivity index (χ0v) is 14.2. The maximum Gasteiger partial charge on any atom is 0.0553 e. The third-order valence-electron chi connectivity index (χ3n) is 3.78. The third-order valence-corrected chi connectivity index (χ3v) is 4.62. The zero-order valence-electron chi connectivity index (χ0n) is 11.8. The third kappa shape index (κ3) is 3.67. The summed E-state index contributed by atoms with van der Waals surface area (Å²) in [7, 11) is 0. The monoisotopic (exact) mass is 368 g/mol. The molecule has 0 aliphatic rings. The molecule has 2 rings (SSSR count). The van der Waals surface area contributed by atoms with Crippen molar-refractivity contribution in [3.63, 3.8) is 0 Å². The first kappa shape index (κ1) is 16.5. The Bertz CT molecular complexity index is 624. The van der Waals surface area contributed by atoms with Crippen molar-refractivity contribution in [3.05, 3.63) is 68.7 Å². The number of aliphatic hydroxyl groups excluding tert-OH is 2. The molecule has 0 unspecified atom stereocenters. The molecular formula is C17H18BrClO2. The van der Waals surface area contributed by atoms with Crippen LogP contribution in [0.5, 0.6) is 0 Å². The van der Waals surface area contributed by atoms with Crippen LogP contribution in [0.3, 0.4) is 0 Å². The summed E-state index contributed by atoms with van der Waals surface area (Å²) in [5.41, 5.74) is 2.19. The number of aryl methyl sites for hydroxylation is 1. The first-order valence-corrected chi connectivity index (χ1v) is 7.90. The molecule has 2 aromatic carbocycles. The van der Waals surface area contributed by atoms with Gasteiger partial charge in [-0.1, -0.05) is 63.4 Å². The van der Waals surface area contributed by atoms with Gasteiger partial charge in [0.05, 0.1) is 13.2 Å². The Balaban J connectivity index is 2.43. The van der Waals surface area contributed by atoms with Crippen LogP contribution < -0.4 is 0 Å². The first-order chi connectivity index (χ1) is 10.0. The maximum atomic E-state index is 9.92. The molecule has 0 fully saturated rings. The van der Waals surface area contributed by atoms with Crippen molar-refractivity contribution in [1.29, 1.82) is 0 Å². The van der Waals surface area contributed by atoms with E-state index >= 15 is 0 Å². The minimum absolute atomic E-state index is 0.140. The highest BCUT2D eigenvalue weighted by Crippen LogP contribution is 2.32. The summed E-state index contributed by atoms with van der Waals surface area (Å²) in [5, 5.41) is 20.5. The largest absolute Gasteiger partial charge is 0.395 e. The predicted octanol–water partition coefficient (Wildman–Crippen LogP) is 3.88. The fraction of sp³-hybridized carbons (Fsp3) is 0.294. The van der Waals surface area contributed by atoms with Crippen molar-refractivity contribution in [2.24, 2.45) is 0 Å². The minimum Gasteiger partial charge on any atom is -0.395 e. The Labute approximate surface area is 138 Å². The quantitative estimate of drug-likeness (QED) is 0.840. The lowest BCUT2D eigenvalue weighted by Crippen LogP contribution is -2.37. The summed E-state index contributed by atoms with van der Waals surface area (Å²) in [6.45, 7) is 1.72. The number of halogens is 2. The smallest absolute Gasteiger partial charge is 0.0553 e. The van der Waals surface area contributed by atoms with Crippen LogP contribution in [0.15, 0.2) is 46.9 Å². The Morgan fingerprint density at radius 3 is 2.38 bits per heavy atom. The second kappa shape index (κ2) is 6.93. The summed E-state index contributed by atoms with van der Waals surface area (Å²) in [6, 6.07) is 13.5. The molecule has 0 saturated heterocycles. The molecular weight excluding hydrogens is 352 g/mol.